The Kier molecular flexibility index (Phi) is 3.93. The van der Waals surface area contributed by atoms with Gasteiger partial charge in [-0.25, -0.2) is 0 Å². The Balaban J connectivity index is 2.30. The van der Waals surface area contributed by atoms with E-state index < -0.39 is 0 Å². The lowest BCUT2D eigenvalue weighted by molar-refractivity contribution is 0.0828. The second-order valence-electron chi connectivity index (χ2n) is 6.58. The summed E-state index contributed by atoms with van der Waals surface area (Å²) in [6, 6.07) is 5.84. The van der Waals surface area contributed by atoms with Crippen molar-refractivity contribution >= 4 is 17.3 Å². The summed E-state index contributed by atoms with van der Waals surface area (Å²) in [5.74, 6) is 0.00306. The molecule has 1 saturated carbocycles. The van der Waals surface area contributed by atoms with E-state index in [1.54, 1.807) is 25.1 Å². The van der Waals surface area contributed by atoms with Gasteiger partial charge in [-0.1, -0.05) is 20.3 Å². The van der Waals surface area contributed by atoms with Crippen molar-refractivity contribution in [3.63, 3.8) is 0 Å². The third-order valence-corrected chi connectivity index (χ3v) is 4.27. The number of hydrogen-bond acceptors (Lipinski definition) is 3. The number of benzene rings is 1. The molecule has 4 nitrogen and oxygen atoms in total. The van der Waals surface area contributed by atoms with E-state index >= 15 is 0 Å². The highest BCUT2D eigenvalue weighted by Crippen LogP contribution is 2.39. The molecular weight excluding hydrogens is 250 g/mol. The Labute approximate surface area is 121 Å². The van der Waals surface area contributed by atoms with Gasteiger partial charge < -0.3 is 16.0 Å². The first-order valence-electron chi connectivity index (χ1n) is 7.19. The number of anilines is 2. The lowest BCUT2D eigenvalue weighted by Crippen LogP contribution is -2.32. The molecule has 0 heterocycles. The zero-order valence-corrected chi connectivity index (χ0v) is 12.9. The molecule has 1 fully saturated rings. The monoisotopic (exact) mass is 275 g/mol. The maximum atomic E-state index is 12.3. The van der Waals surface area contributed by atoms with E-state index in [0.29, 0.717) is 17.3 Å². The summed E-state index contributed by atoms with van der Waals surface area (Å²) in [5.41, 5.74) is 8.35. The fourth-order valence-corrected chi connectivity index (χ4v) is 2.89. The van der Waals surface area contributed by atoms with Crippen molar-refractivity contribution in [2.45, 2.75) is 39.2 Å². The number of hydrogen-bond donors (Lipinski definition) is 2. The maximum Gasteiger partial charge on any atom is 0.255 e. The Morgan fingerprint density at radius 3 is 2.65 bits per heavy atom. The van der Waals surface area contributed by atoms with Gasteiger partial charge in [0, 0.05) is 31.5 Å². The average molecular weight is 275 g/mol. The summed E-state index contributed by atoms with van der Waals surface area (Å²) >= 11 is 0. The van der Waals surface area contributed by atoms with Crippen LogP contribution in [0.5, 0.6) is 0 Å². The molecule has 1 amide bonds. The first-order valence-corrected chi connectivity index (χ1v) is 7.19. The second kappa shape index (κ2) is 5.35. The molecule has 0 bridgehead atoms. The molecule has 1 unspecified atom stereocenters. The van der Waals surface area contributed by atoms with E-state index in [2.05, 4.69) is 19.2 Å². The summed E-state index contributed by atoms with van der Waals surface area (Å²) in [5, 5.41) is 3.55. The van der Waals surface area contributed by atoms with E-state index in [4.69, 9.17) is 5.73 Å². The van der Waals surface area contributed by atoms with E-state index in [0.717, 1.165) is 12.1 Å². The number of nitrogens with two attached hydrogens (primary N) is 1. The van der Waals surface area contributed by atoms with Gasteiger partial charge in [0.05, 0.1) is 5.56 Å². The molecule has 0 radical (unpaired) electrons. The lowest BCUT2D eigenvalue weighted by Gasteiger charge is -2.30. The molecule has 2 rings (SSSR count). The van der Waals surface area contributed by atoms with Gasteiger partial charge in [0.2, 0.25) is 0 Å². The third kappa shape index (κ3) is 2.89. The van der Waals surface area contributed by atoms with Crippen LogP contribution < -0.4 is 11.1 Å². The summed E-state index contributed by atoms with van der Waals surface area (Å²) in [4.78, 5) is 13.9. The van der Waals surface area contributed by atoms with Crippen LogP contribution in [0, 0.1) is 5.41 Å². The van der Waals surface area contributed by atoms with E-state index in [-0.39, 0.29) is 11.3 Å². The summed E-state index contributed by atoms with van der Waals surface area (Å²) in [6.45, 7) is 4.55. The molecule has 0 aromatic heterocycles. The molecule has 1 aromatic rings. The standard InChI is InChI=1S/C16H25N3O/c1-16(2)9-5-6-14(16)18-13-10-11(17)7-8-12(13)15(20)19(3)4/h7-8,10,14,18H,5-6,9,17H2,1-4H3. The predicted molar refractivity (Wildman–Crippen MR) is 83.9 cm³/mol. The first kappa shape index (κ1) is 14.7. The van der Waals surface area contributed by atoms with Crippen LogP contribution in [0.3, 0.4) is 0 Å². The van der Waals surface area contributed by atoms with Gasteiger partial charge in [-0.15, -0.1) is 0 Å². The van der Waals surface area contributed by atoms with E-state index in [1.807, 2.05) is 12.1 Å². The first-order chi connectivity index (χ1) is 9.31. The van der Waals surface area contributed by atoms with Crippen LogP contribution in [0.25, 0.3) is 0 Å². The van der Waals surface area contributed by atoms with Gasteiger partial charge >= 0.3 is 0 Å². The Morgan fingerprint density at radius 2 is 2.10 bits per heavy atom. The molecule has 110 valence electrons. The fraction of sp³-hybridized carbons (Fsp3) is 0.562. The number of nitrogens with one attached hydrogen (secondary N) is 1. The maximum absolute atomic E-state index is 12.3. The lowest BCUT2D eigenvalue weighted by atomic mass is 9.87. The second-order valence-corrected chi connectivity index (χ2v) is 6.58. The molecule has 0 aliphatic heterocycles. The van der Waals surface area contributed by atoms with Gasteiger partial charge in [-0.3, -0.25) is 4.79 Å². The van der Waals surface area contributed by atoms with Crippen molar-refractivity contribution < 1.29 is 4.79 Å². The zero-order valence-electron chi connectivity index (χ0n) is 12.9. The summed E-state index contributed by atoms with van der Waals surface area (Å²) < 4.78 is 0. The Morgan fingerprint density at radius 1 is 1.40 bits per heavy atom. The van der Waals surface area contributed by atoms with Crippen molar-refractivity contribution in [3.8, 4) is 0 Å². The van der Waals surface area contributed by atoms with E-state index in [9.17, 15) is 4.79 Å². The molecule has 4 heteroatoms. The van der Waals surface area contributed by atoms with Crippen molar-refractivity contribution in [3.05, 3.63) is 23.8 Å². The van der Waals surface area contributed by atoms with Crippen molar-refractivity contribution in [1.82, 2.24) is 4.90 Å². The van der Waals surface area contributed by atoms with Crippen molar-refractivity contribution in [1.29, 1.82) is 0 Å². The summed E-state index contributed by atoms with van der Waals surface area (Å²) in [7, 11) is 3.53. The number of nitrogens with zero attached hydrogens (tertiary/aromatic N) is 1. The van der Waals surface area contributed by atoms with Gasteiger partial charge in [0.1, 0.15) is 0 Å². The minimum Gasteiger partial charge on any atom is -0.399 e. The minimum atomic E-state index is 0.00306. The number of nitrogen functional groups attached to an aromatic ring is 1. The summed E-state index contributed by atoms with van der Waals surface area (Å²) in [6.07, 6.45) is 3.57. The normalized spacial score (nSPS) is 20.7. The van der Waals surface area contributed by atoms with Gasteiger partial charge in [-0.05, 0) is 36.5 Å². The zero-order chi connectivity index (χ0) is 14.9. The molecule has 3 N–H and O–H groups in total. The highest BCUT2D eigenvalue weighted by Gasteiger charge is 2.34. The van der Waals surface area contributed by atoms with Crippen LogP contribution in [0.15, 0.2) is 18.2 Å². The fourth-order valence-electron chi connectivity index (χ4n) is 2.89. The van der Waals surface area contributed by atoms with Crippen LogP contribution >= 0.6 is 0 Å². The molecular formula is C16H25N3O. The van der Waals surface area contributed by atoms with Gasteiger partial charge in [0.25, 0.3) is 5.91 Å². The Bertz CT molecular complexity index is 508. The van der Waals surface area contributed by atoms with Crippen LogP contribution in [0.4, 0.5) is 11.4 Å². The Hall–Kier alpha value is -1.71. The molecule has 1 aromatic carbocycles. The molecule has 1 aliphatic rings. The highest BCUT2D eigenvalue weighted by atomic mass is 16.2. The topological polar surface area (TPSA) is 58.4 Å². The average Bonchev–Trinajstić information content (AvgIpc) is 2.68. The van der Waals surface area contributed by atoms with Gasteiger partial charge in [-0.2, -0.15) is 0 Å². The molecule has 0 spiro atoms. The molecule has 0 saturated heterocycles. The largest absolute Gasteiger partial charge is 0.399 e. The SMILES string of the molecule is CN(C)C(=O)c1ccc(N)cc1NC1CCCC1(C)C. The minimum absolute atomic E-state index is 0.00306. The number of carbonyl (C=O) groups excluding carboxylic acids is 1. The smallest absolute Gasteiger partial charge is 0.255 e. The molecule has 1 atom stereocenters. The molecule has 1 aliphatic carbocycles. The van der Waals surface area contributed by atoms with Crippen molar-refractivity contribution in [2.24, 2.45) is 5.41 Å². The van der Waals surface area contributed by atoms with Crippen LogP contribution in [-0.4, -0.2) is 30.9 Å². The highest BCUT2D eigenvalue weighted by molar-refractivity contribution is 6.00. The van der Waals surface area contributed by atoms with Gasteiger partial charge in [0.15, 0.2) is 0 Å². The number of rotatable bonds is 3. The number of carbonyl (C=O) groups is 1. The molecule has 20 heavy (non-hydrogen) atoms. The quantitative estimate of drug-likeness (QED) is 0.834. The number of amides is 1. The van der Waals surface area contributed by atoms with Crippen LogP contribution in [0.2, 0.25) is 0 Å². The van der Waals surface area contributed by atoms with Crippen LogP contribution in [0.1, 0.15) is 43.5 Å². The van der Waals surface area contributed by atoms with Crippen molar-refractivity contribution in [2.75, 3.05) is 25.1 Å². The predicted octanol–water partition coefficient (Wildman–Crippen LogP) is 2.96. The third-order valence-electron chi connectivity index (χ3n) is 4.27. The van der Waals surface area contributed by atoms with E-state index in [1.165, 1.54) is 12.8 Å². The van der Waals surface area contributed by atoms with Crippen LogP contribution in [-0.2, 0) is 0 Å².